The predicted octanol–water partition coefficient (Wildman–Crippen LogP) is 2.24. The van der Waals surface area contributed by atoms with Crippen LogP contribution in [0.5, 0.6) is 0 Å². The molecule has 2 N–H and O–H groups in total. The second kappa shape index (κ2) is 6.23. The van der Waals surface area contributed by atoms with Crippen LogP contribution in [0.1, 0.15) is 11.3 Å². The molecule has 6 heteroatoms. The van der Waals surface area contributed by atoms with E-state index in [1.165, 1.54) is 11.3 Å². The molecule has 17 heavy (non-hydrogen) atoms. The molecule has 0 radical (unpaired) electrons. The summed E-state index contributed by atoms with van der Waals surface area (Å²) >= 11 is 7.28. The summed E-state index contributed by atoms with van der Waals surface area (Å²) < 4.78 is 5.98. The van der Waals surface area contributed by atoms with E-state index in [0.29, 0.717) is 19.0 Å². The number of ether oxygens (including phenoxy) is 1. The van der Waals surface area contributed by atoms with Crippen LogP contribution in [0.25, 0.3) is 0 Å². The lowest BCUT2D eigenvalue weighted by atomic mass is 10.1. The van der Waals surface area contributed by atoms with Crippen LogP contribution in [0, 0.1) is 5.92 Å². The SMILES string of the molecule is O=C(NCc1ccc(Cl)s1)NC[C@H]1CCOC1. The highest BCUT2D eigenvalue weighted by atomic mass is 35.5. The number of amides is 2. The highest BCUT2D eigenvalue weighted by Gasteiger charge is 2.16. The smallest absolute Gasteiger partial charge is 0.315 e. The van der Waals surface area contributed by atoms with E-state index in [4.69, 9.17) is 16.3 Å². The van der Waals surface area contributed by atoms with Gasteiger partial charge in [-0.2, -0.15) is 0 Å². The van der Waals surface area contributed by atoms with Crippen molar-refractivity contribution in [2.24, 2.45) is 5.92 Å². The van der Waals surface area contributed by atoms with Gasteiger partial charge in [-0.3, -0.25) is 0 Å². The van der Waals surface area contributed by atoms with Crippen molar-refractivity contribution in [3.8, 4) is 0 Å². The zero-order valence-electron chi connectivity index (χ0n) is 9.37. The topological polar surface area (TPSA) is 50.4 Å². The van der Waals surface area contributed by atoms with Crippen molar-refractivity contribution < 1.29 is 9.53 Å². The van der Waals surface area contributed by atoms with E-state index in [0.717, 1.165) is 28.8 Å². The van der Waals surface area contributed by atoms with Crippen molar-refractivity contribution in [1.29, 1.82) is 0 Å². The lowest BCUT2D eigenvalue weighted by molar-refractivity contribution is 0.185. The fraction of sp³-hybridized carbons (Fsp3) is 0.545. The largest absolute Gasteiger partial charge is 0.381 e. The Balaban J connectivity index is 1.63. The molecule has 0 bridgehead atoms. The number of hydrogen-bond acceptors (Lipinski definition) is 3. The van der Waals surface area contributed by atoms with Gasteiger partial charge in [0.15, 0.2) is 0 Å². The minimum absolute atomic E-state index is 0.138. The average molecular weight is 275 g/mol. The summed E-state index contributed by atoms with van der Waals surface area (Å²) in [6.07, 6.45) is 1.03. The lowest BCUT2D eigenvalue weighted by Gasteiger charge is -2.10. The first-order chi connectivity index (χ1) is 8.24. The van der Waals surface area contributed by atoms with Gasteiger partial charge in [0, 0.05) is 23.9 Å². The molecule has 1 aliphatic heterocycles. The van der Waals surface area contributed by atoms with Crippen LogP contribution >= 0.6 is 22.9 Å². The first kappa shape index (κ1) is 12.7. The molecule has 2 rings (SSSR count). The second-order valence-corrected chi connectivity index (χ2v) is 5.80. The van der Waals surface area contributed by atoms with Gasteiger partial charge in [-0.05, 0) is 18.6 Å². The Bertz CT molecular complexity index is 377. The molecule has 1 aliphatic rings. The maximum Gasteiger partial charge on any atom is 0.315 e. The standard InChI is InChI=1S/C11H15ClN2O2S/c12-10-2-1-9(17-10)6-14-11(15)13-5-8-3-4-16-7-8/h1-2,8H,3-7H2,(H2,13,14,15)/t8-/m1/s1. The molecular formula is C11H15ClN2O2S. The molecule has 0 aromatic carbocycles. The zero-order chi connectivity index (χ0) is 12.1. The van der Waals surface area contributed by atoms with Crippen LogP contribution in [0.3, 0.4) is 0 Å². The van der Waals surface area contributed by atoms with Crippen LogP contribution in [0.15, 0.2) is 12.1 Å². The van der Waals surface area contributed by atoms with Gasteiger partial charge in [0.1, 0.15) is 0 Å². The molecule has 0 aliphatic carbocycles. The van der Waals surface area contributed by atoms with Gasteiger partial charge in [-0.25, -0.2) is 4.79 Å². The van der Waals surface area contributed by atoms with Crippen LogP contribution in [0.4, 0.5) is 4.79 Å². The van der Waals surface area contributed by atoms with Gasteiger partial charge in [-0.1, -0.05) is 11.6 Å². The van der Waals surface area contributed by atoms with Crippen molar-refractivity contribution in [3.63, 3.8) is 0 Å². The highest BCUT2D eigenvalue weighted by molar-refractivity contribution is 7.16. The number of hydrogen-bond donors (Lipinski definition) is 2. The van der Waals surface area contributed by atoms with E-state index >= 15 is 0 Å². The number of nitrogens with one attached hydrogen (secondary N) is 2. The maximum atomic E-state index is 11.5. The third-order valence-corrected chi connectivity index (χ3v) is 3.86. The Hall–Kier alpha value is -0.780. The summed E-state index contributed by atoms with van der Waals surface area (Å²) in [6.45, 7) is 2.75. The van der Waals surface area contributed by atoms with Crippen molar-refractivity contribution >= 4 is 29.0 Å². The van der Waals surface area contributed by atoms with E-state index in [1.807, 2.05) is 12.1 Å². The van der Waals surface area contributed by atoms with Gasteiger partial charge in [0.05, 0.1) is 17.5 Å². The molecule has 1 aromatic rings. The fourth-order valence-electron chi connectivity index (χ4n) is 1.66. The summed E-state index contributed by atoms with van der Waals surface area (Å²) in [6, 6.07) is 3.61. The van der Waals surface area contributed by atoms with E-state index < -0.39 is 0 Å². The van der Waals surface area contributed by atoms with E-state index in [1.54, 1.807) is 0 Å². The Morgan fingerprint density at radius 2 is 2.41 bits per heavy atom. The number of thiophene rings is 1. The van der Waals surface area contributed by atoms with E-state index in [9.17, 15) is 4.79 Å². The predicted molar refractivity (Wildman–Crippen MR) is 68.5 cm³/mol. The molecule has 0 saturated carbocycles. The number of halogens is 1. The number of carbonyl (C=O) groups is 1. The molecule has 1 aromatic heterocycles. The summed E-state index contributed by atoms with van der Waals surface area (Å²) in [4.78, 5) is 12.5. The number of rotatable bonds is 4. The third kappa shape index (κ3) is 4.18. The Kier molecular flexibility index (Phi) is 4.65. The molecule has 2 heterocycles. The Labute approximate surface area is 109 Å². The van der Waals surface area contributed by atoms with E-state index in [-0.39, 0.29) is 6.03 Å². The number of urea groups is 1. The molecule has 1 atom stereocenters. The minimum Gasteiger partial charge on any atom is -0.381 e. The van der Waals surface area contributed by atoms with Gasteiger partial charge >= 0.3 is 6.03 Å². The molecule has 1 saturated heterocycles. The van der Waals surface area contributed by atoms with Crippen molar-refractivity contribution in [1.82, 2.24) is 10.6 Å². The number of carbonyl (C=O) groups excluding carboxylic acids is 1. The minimum atomic E-state index is -0.138. The molecule has 4 nitrogen and oxygen atoms in total. The first-order valence-electron chi connectivity index (χ1n) is 5.57. The van der Waals surface area contributed by atoms with Gasteiger partial charge < -0.3 is 15.4 Å². The third-order valence-electron chi connectivity index (χ3n) is 2.63. The van der Waals surface area contributed by atoms with Gasteiger partial charge in [-0.15, -0.1) is 11.3 Å². The summed E-state index contributed by atoms with van der Waals surface area (Å²) in [5, 5.41) is 5.64. The summed E-state index contributed by atoms with van der Waals surface area (Å²) in [7, 11) is 0. The van der Waals surface area contributed by atoms with Crippen LogP contribution in [-0.2, 0) is 11.3 Å². The summed E-state index contributed by atoms with van der Waals surface area (Å²) in [5.41, 5.74) is 0. The molecule has 0 spiro atoms. The van der Waals surface area contributed by atoms with Crippen molar-refractivity contribution in [3.05, 3.63) is 21.3 Å². The molecule has 2 amide bonds. The second-order valence-electron chi connectivity index (χ2n) is 4.00. The fourth-order valence-corrected chi connectivity index (χ4v) is 2.69. The lowest BCUT2D eigenvalue weighted by Crippen LogP contribution is -2.37. The first-order valence-corrected chi connectivity index (χ1v) is 6.77. The zero-order valence-corrected chi connectivity index (χ0v) is 10.9. The normalized spacial score (nSPS) is 19.2. The highest BCUT2D eigenvalue weighted by Crippen LogP contribution is 2.20. The van der Waals surface area contributed by atoms with Crippen LogP contribution < -0.4 is 10.6 Å². The monoisotopic (exact) mass is 274 g/mol. The Morgan fingerprint density at radius 3 is 3.06 bits per heavy atom. The van der Waals surface area contributed by atoms with E-state index in [2.05, 4.69) is 10.6 Å². The maximum absolute atomic E-state index is 11.5. The van der Waals surface area contributed by atoms with Crippen molar-refractivity contribution in [2.45, 2.75) is 13.0 Å². The van der Waals surface area contributed by atoms with Gasteiger partial charge in [0.2, 0.25) is 0 Å². The Morgan fingerprint density at radius 1 is 1.53 bits per heavy atom. The quantitative estimate of drug-likeness (QED) is 0.885. The van der Waals surface area contributed by atoms with Crippen LogP contribution in [-0.4, -0.2) is 25.8 Å². The van der Waals surface area contributed by atoms with Gasteiger partial charge in [0.25, 0.3) is 0 Å². The molecule has 94 valence electrons. The average Bonchev–Trinajstić information content (AvgIpc) is 2.95. The molecule has 1 fully saturated rings. The molecule has 0 unspecified atom stereocenters. The van der Waals surface area contributed by atoms with Crippen LogP contribution in [0.2, 0.25) is 4.34 Å². The van der Waals surface area contributed by atoms with Crippen molar-refractivity contribution in [2.75, 3.05) is 19.8 Å². The summed E-state index contributed by atoms with van der Waals surface area (Å²) in [5.74, 6) is 0.455. The molecular weight excluding hydrogens is 260 g/mol.